The first-order valence-electron chi connectivity index (χ1n) is 4.81. The van der Waals surface area contributed by atoms with Gasteiger partial charge in [-0.05, 0) is 33.7 Å². The van der Waals surface area contributed by atoms with Crippen molar-refractivity contribution in [1.29, 1.82) is 0 Å². The SMILES string of the molecule is [K].c1ccc2cc3ccccc3cc2c1. The first-order chi connectivity index (χ1) is 6.93. The summed E-state index contributed by atoms with van der Waals surface area (Å²) in [6.07, 6.45) is 0. The van der Waals surface area contributed by atoms with Crippen LogP contribution in [0, 0.1) is 0 Å². The predicted molar refractivity (Wildman–Crippen MR) is 67.2 cm³/mol. The Morgan fingerprint density at radius 1 is 0.467 bits per heavy atom. The van der Waals surface area contributed by atoms with E-state index in [1.807, 2.05) is 0 Å². The van der Waals surface area contributed by atoms with Gasteiger partial charge >= 0.3 is 0 Å². The summed E-state index contributed by atoms with van der Waals surface area (Å²) < 4.78 is 0. The Morgan fingerprint density at radius 3 is 1.00 bits per heavy atom. The molecule has 3 aromatic carbocycles. The van der Waals surface area contributed by atoms with Crippen molar-refractivity contribution in [2.24, 2.45) is 0 Å². The molecule has 0 aliphatic rings. The van der Waals surface area contributed by atoms with Gasteiger partial charge in [0.1, 0.15) is 0 Å². The molecule has 0 saturated carbocycles. The molecule has 0 bridgehead atoms. The standard InChI is InChI=1S/C14H10.K/c1-2-6-12-10-14-8-4-3-7-13(14)9-11(12)5-1;/h1-10H;. The molecule has 0 N–H and O–H groups in total. The summed E-state index contributed by atoms with van der Waals surface area (Å²) in [4.78, 5) is 0. The minimum atomic E-state index is 0. The van der Waals surface area contributed by atoms with Crippen LogP contribution in [-0.2, 0) is 0 Å². The number of rotatable bonds is 0. The molecule has 0 heterocycles. The zero-order valence-electron chi connectivity index (χ0n) is 8.77. The van der Waals surface area contributed by atoms with Gasteiger partial charge in [0.25, 0.3) is 0 Å². The molecule has 0 amide bonds. The van der Waals surface area contributed by atoms with Crippen LogP contribution in [0.5, 0.6) is 0 Å². The van der Waals surface area contributed by atoms with Gasteiger partial charge in [0, 0.05) is 51.4 Å². The van der Waals surface area contributed by atoms with E-state index in [0.29, 0.717) is 0 Å². The van der Waals surface area contributed by atoms with Crippen molar-refractivity contribution in [2.45, 2.75) is 0 Å². The quantitative estimate of drug-likeness (QED) is 0.398. The van der Waals surface area contributed by atoms with Crippen LogP contribution in [0.2, 0.25) is 0 Å². The molecule has 0 fully saturated rings. The van der Waals surface area contributed by atoms with Gasteiger partial charge in [0.05, 0.1) is 0 Å². The van der Waals surface area contributed by atoms with Crippen LogP contribution >= 0.6 is 0 Å². The Hall–Kier alpha value is -0.184. The van der Waals surface area contributed by atoms with Crippen molar-refractivity contribution >= 4 is 72.9 Å². The van der Waals surface area contributed by atoms with Crippen molar-refractivity contribution in [3.63, 3.8) is 0 Å². The van der Waals surface area contributed by atoms with Crippen molar-refractivity contribution in [3.05, 3.63) is 60.7 Å². The number of fused-ring (bicyclic) bond motifs is 2. The van der Waals surface area contributed by atoms with Crippen LogP contribution < -0.4 is 0 Å². The smallest absolute Gasteiger partial charge is 0 e. The molecule has 67 valence electrons. The molecule has 1 heteroatoms. The second-order valence-electron chi connectivity index (χ2n) is 3.55. The zero-order valence-corrected chi connectivity index (χ0v) is 11.9. The van der Waals surface area contributed by atoms with E-state index in [0.717, 1.165) is 0 Å². The summed E-state index contributed by atoms with van der Waals surface area (Å²) >= 11 is 0. The van der Waals surface area contributed by atoms with Crippen LogP contribution in [0.4, 0.5) is 0 Å². The topological polar surface area (TPSA) is 0 Å². The third kappa shape index (κ3) is 2.17. The molecule has 3 aromatic rings. The van der Waals surface area contributed by atoms with Crippen LogP contribution in [-0.4, -0.2) is 51.4 Å². The molecule has 0 unspecified atom stereocenters. The summed E-state index contributed by atoms with van der Waals surface area (Å²) in [6, 6.07) is 21.4. The zero-order chi connectivity index (χ0) is 9.38. The van der Waals surface area contributed by atoms with Crippen LogP contribution in [0.15, 0.2) is 60.7 Å². The number of benzene rings is 3. The summed E-state index contributed by atoms with van der Waals surface area (Å²) in [5.41, 5.74) is 0. The van der Waals surface area contributed by atoms with E-state index in [-0.39, 0.29) is 51.4 Å². The molecule has 0 atom stereocenters. The summed E-state index contributed by atoms with van der Waals surface area (Å²) in [5, 5.41) is 5.25. The third-order valence-electron chi connectivity index (χ3n) is 2.61. The van der Waals surface area contributed by atoms with Crippen LogP contribution in [0.25, 0.3) is 21.5 Å². The second kappa shape index (κ2) is 4.77. The molecule has 15 heavy (non-hydrogen) atoms. The Balaban J connectivity index is 0.000000853. The average molecular weight is 217 g/mol. The van der Waals surface area contributed by atoms with Gasteiger partial charge < -0.3 is 0 Å². The van der Waals surface area contributed by atoms with Gasteiger partial charge in [-0.3, -0.25) is 0 Å². The molecule has 1 radical (unpaired) electrons. The second-order valence-corrected chi connectivity index (χ2v) is 3.55. The molecule has 0 spiro atoms. The van der Waals surface area contributed by atoms with Gasteiger partial charge in [0.15, 0.2) is 0 Å². The van der Waals surface area contributed by atoms with Crippen molar-refractivity contribution < 1.29 is 0 Å². The van der Waals surface area contributed by atoms with Crippen LogP contribution in [0.3, 0.4) is 0 Å². The van der Waals surface area contributed by atoms with Gasteiger partial charge in [0.2, 0.25) is 0 Å². The summed E-state index contributed by atoms with van der Waals surface area (Å²) in [6.45, 7) is 0. The number of hydrogen-bond acceptors (Lipinski definition) is 0. The van der Waals surface area contributed by atoms with Crippen molar-refractivity contribution in [3.8, 4) is 0 Å². The largest absolute Gasteiger partial charge is 0.0616 e. The van der Waals surface area contributed by atoms with E-state index in [4.69, 9.17) is 0 Å². The van der Waals surface area contributed by atoms with E-state index in [9.17, 15) is 0 Å². The molecular weight excluding hydrogens is 207 g/mol. The minimum absolute atomic E-state index is 0. The normalized spacial score (nSPS) is 10.1. The monoisotopic (exact) mass is 217 g/mol. The average Bonchev–Trinajstić information content (AvgIpc) is 2.26. The summed E-state index contributed by atoms with van der Waals surface area (Å²) in [5.74, 6) is 0. The maximum Gasteiger partial charge on any atom is 0 e. The van der Waals surface area contributed by atoms with Crippen molar-refractivity contribution in [1.82, 2.24) is 0 Å². The van der Waals surface area contributed by atoms with Gasteiger partial charge in [-0.2, -0.15) is 0 Å². The first kappa shape index (κ1) is 11.3. The summed E-state index contributed by atoms with van der Waals surface area (Å²) in [7, 11) is 0. The Morgan fingerprint density at radius 2 is 0.733 bits per heavy atom. The van der Waals surface area contributed by atoms with E-state index in [1.54, 1.807) is 0 Å². The van der Waals surface area contributed by atoms with E-state index in [1.165, 1.54) is 21.5 Å². The van der Waals surface area contributed by atoms with E-state index < -0.39 is 0 Å². The minimum Gasteiger partial charge on any atom is -0.0616 e. The van der Waals surface area contributed by atoms with E-state index in [2.05, 4.69) is 60.7 Å². The molecule has 0 aliphatic carbocycles. The van der Waals surface area contributed by atoms with Gasteiger partial charge in [-0.1, -0.05) is 48.5 Å². The number of hydrogen-bond donors (Lipinski definition) is 0. The van der Waals surface area contributed by atoms with E-state index >= 15 is 0 Å². The third-order valence-corrected chi connectivity index (χ3v) is 2.61. The Bertz CT molecular complexity index is 494. The van der Waals surface area contributed by atoms with Crippen molar-refractivity contribution in [2.75, 3.05) is 0 Å². The van der Waals surface area contributed by atoms with Gasteiger partial charge in [-0.25, -0.2) is 0 Å². The maximum absolute atomic E-state index is 2.24. The Kier molecular flexibility index (Phi) is 3.59. The molecule has 0 aliphatic heterocycles. The van der Waals surface area contributed by atoms with Crippen LogP contribution in [0.1, 0.15) is 0 Å². The molecule has 0 saturated heterocycles. The Labute approximate surface area is 132 Å². The molecule has 3 rings (SSSR count). The fourth-order valence-electron chi connectivity index (χ4n) is 1.88. The van der Waals surface area contributed by atoms with Gasteiger partial charge in [-0.15, -0.1) is 0 Å². The molecular formula is C14H10K. The fourth-order valence-corrected chi connectivity index (χ4v) is 1.88. The first-order valence-corrected chi connectivity index (χ1v) is 4.81. The predicted octanol–water partition coefficient (Wildman–Crippen LogP) is 3.61. The fraction of sp³-hybridized carbons (Fsp3) is 0. The maximum atomic E-state index is 2.24. The molecule has 0 aromatic heterocycles. The molecule has 0 nitrogen and oxygen atoms in total.